The van der Waals surface area contributed by atoms with Gasteiger partial charge in [0.1, 0.15) is 13.2 Å². The minimum absolute atomic E-state index is 0.0159. The number of hydrogen-bond donors (Lipinski definition) is 2. The number of allylic oxidation sites excluding steroid dienone is 11. The van der Waals surface area contributed by atoms with Crippen LogP contribution in [0.2, 0.25) is 0 Å². The third-order valence-corrected chi connectivity index (χ3v) is 12.3. The molecule has 0 saturated carbocycles. The minimum Gasteiger partial charge on any atom is -0.756 e. The summed E-state index contributed by atoms with van der Waals surface area (Å²) in [6.07, 6.45) is 62.7. The zero-order valence-electron chi connectivity index (χ0n) is 42.2. The molecule has 0 aromatic carbocycles. The zero-order valence-corrected chi connectivity index (χ0v) is 43.1. The van der Waals surface area contributed by atoms with Crippen LogP contribution < -0.4 is 10.2 Å². The monoisotopic (exact) mass is 917 g/mol. The molecule has 0 saturated heterocycles. The molecule has 3 unspecified atom stereocenters. The Morgan fingerprint density at radius 3 is 1.45 bits per heavy atom. The number of carbonyl (C=O) groups excluding carboxylic acids is 1. The highest BCUT2D eigenvalue weighted by molar-refractivity contribution is 7.45. The molecule has 0 aromatic rings. The summed E-state index contributed by atoms with van der Waals surface area (Å²) in [6, 6.07) is -0.922. The molecule has 1 amide bonds. The molecular weight excluding hydrogens is 816 g/mol. The van der Waals surface area contributed by atoms with Crippen molar-refractivity contribution < 1.29 is 32.9 Å². The molecule has 0 fully saturated rings. The number of nitrogens with zero attached hydrogens (tertiary/aromatic N) is 1. The predicted molar refractivity (Wildman–Crippen MR) is 274 cm³/mol. The fraction of sp³-hybridized carbons (Fsp3) is 0.764. The van der Waals surface area contributed by atoms with Crippen molar-refractivity contribution in [3.05, 3.63) is 72.9 Å². The van der Waals surface area contributed by atoms with Crippen LogP contribution in [0.4, 0.5) is 0 Å². The van der Waals surface area contributed by atoms with E-state index in [4.69, 9.17) is 9.05 Å². The van der Waals surface area contributed by atoms with Crippen LogP contribution in [0.1, 0.15) is 219 Å². The maximum Gasteiger partial charge on any atom is 0.268 e. The van der Waals surface area contributed by atoms with Gasteiger partial charge in [0.25, 0.3) is 7.82 Å². The Kier molecular flexibility index (Phi) is 44.6. The maximum atomic E-state index is 12.9. The molecule has 0 heterocycles. The van der Waals surface area contributed by atoms with Crippen molar-refractivity contribution in [3.8, 4) is 0 Å². The largest absolute Gasteiger partial charge is 0.756 e. The molecule has 3 atom stereocenters. The molecule has 0 bridgehead atoms. The molecule has 9 heteroatoms. The van der Waals surface area contributed by atoms with Crippen molar-refractivity contribution in [2.24, 2.45) is 0 Å². The van der Waals surface area contributed by atoms with Crippen molar-refractivity contribution in [1.29, 1.82) is 0 Å². The van der Waals surface area contributed by atoms with Crippen molar-refractivity contribution in [3.63, 3.8) is 0 Å². The van der Waals surface area contributed by atoms with Crippen LogP contribution in [0.25, 0.3) is 0 Å². The number of rotatable bonds is 47. The second-order valence-corrected chi connectivity index (χ2v) is 20.2. The smallest absolute Gasteiger partial charge is 0.268 e. The van der Waals surface area contributed by atoms with E-state index in [1.165, 1.54) is 116 Å². The van der Waals surface area contributed by atoms with E-state index >= 15 is 0 Å². The Hall–Kier alpha value is -2.06. The SMILES string of the molecule is CC/C=C\C/C=C\C/C=C\CCCCCCCC(=O)NC(COP(=O)([O-])OCC[N+](C)(C)C)C(O)/C=C/CC/C=C/CC/C=C/CCCCCCCCCCCCCCCCCCC. The Morgan fingerprint density at radius 1 is 0.562 bits per heavy atom. The number of aliphatic hydroxyl groups excluding tert-OH is 1. The fourth-order valence-electron chi connectivity index (χ4n) is 7.26. The van der Waals surface area contributed by atoms with Gasteiger partial charge in [-0.1, -0.05) is 209 Å². The van der Waals surface area contributed by atoms with Crippen molar-refractivity contribution in [2.75, 3.05) is 40.9 Å². The number of likely N-dealkylation sites (N-methyl/N-ethyl adjacent to an activating group) is 1. The molecule has 0 aliphatic rings. The topological polar surface area (TPSA) is 108 Å². The van der Waals surface area contributed by atoms with E-state index in [0.29, 0.717) is 17.4 Å². The van der Waals surface area contributed by atoms with E-state index in [-0.39, 0.29) is 12.5 Å². The third kappa shape index (κ3) is 47.9. The second kappa shape index (κ2) is 46.1. The standard InChI is InChI=1S/C55H101N2O6P/c1-6-8-10-12-14-16-18-20-22-23-24-25-26-27-28-29-30-31-32-33-35-36-38-40-42-44-46-48-54(58)53(52-63-64(60,61)62-51-50-57(3,4)5)56-55(59)49-47-45-43-41-39-37-34-21-19-17-15-13-11-9-7-2/h9,11,15,17,21,32-34,38,40,46,48,53-54,58H,6-8,10,12-14,16,18-20,22-31,35-37,39,41-45,47,49-52H2,1-5H3,(H-,56,59,60,61)/b11-9-,17-15-,33-32+,34-21-,40-38+,48-46+. The van der Waals surface area contributed by atoms with Gasteiger partial charge in [0.05, 0.1) is 39.9 Å². The first-order valence-electron chi connectivity index (χ1n) is 26.3. The van der Waals surface area contributed by atoms with Crippen LogP contribution in [0, 0.1) is 0 Å². The summed E-state index contributed by atoms with van der Waals surface area (Å²) in [4.78, 5) is 25.4. The lowest BCUT2D eigenvalue weighted by Crippen LogP contribution is -2.45. The molecular formula is C55H101N2O6P. The van der Waals surface area contributed by atoms with Crippen LogP contribution in [0.3, 0.4) is 0 Å². The van der Waals surface area contributed by atoms with Crippen molar-refractivity contribution >= 4 is 13.7 Å². The quantitative estimate of drug-likeness (QED) is 0.0272. The van der Waals surface area contributed by atoms with E-state index in [2.05, 4.69) is 79.9 Å². The Morgan fingerprint density at radius 2 is 0.969 bits per heavy atom. The first kappa shape index (κ1) is 61.9. The normalized spacial score (nSPS) is 14.7. The number of phosphoric ester groups is 1. The number of unbranched alkanes of at least 4 members (excludes halogenated alkanes) is 24. The molecule has 0 aliphatic carbocycles. The van der Waals surface area contributed by atoms with E-state index in [0.717, 1.165) is 83.5 Å². The summed E-state index contributed by atoms with van der Waals surface area (Å²) in [5.74, 6) is -0.230. The molecule has 372 valence electrons. The summed E-state index contributed by atoms with van der Waals surface area (Å²) < 4.78 is 23.2. The summed E-state index contributed by atoms with van der Waals surface area (Å²) in [5, 5.41) is 13.8. The molecule has 8 nitrogen and oxygen atoms in total. The van der Waals surface area contributed by atoms with Gasteiger partial charge in [-0.05, 0) is 77.0 Å². The van der Waals surface area contributed by atoms with Crippen LogP contribution in [-0.2, 0) is 18.4 Å². The second-order valence-electron chi connectivity index (χ2n) is 18.8. The summed E-state index contributed by atoms with van der Waals surface area (Å²) >= 11 is 0. The van der Waals surface area contributed by atoms with Gasteiger partial charge in [-0.2, -0.15) is 0 Å². The molecule has 64 heavy (non-hydrogen) atoms. The van der Waals surface area contributed by atoms with Gasteiger partial charge in [-0.15, -0.1) is 0 Å². The number of nitrogens with one attached hydrogen (secondary N) is 1. The summed E-state index contributed by atoms with van der Waals surface area (Å²) in [6.45, 7) is 4.49. The van der Waals surface area contributed by atoms with Crippen LogP contribution in [0.5, 0.6) is 0 Å². The molecule has 0 radical (unpaired) electrons. The summed E-state index contributed by atoms with van der Waals surface area (Å²) in [7, 11) is 1.21. The number of hydrogen-bond acceptors (Lipinski definition) is 6. The van der Waals surface area contributed by atoms with Crippen molar-refractivity contribution in [2.45, 2.75) is 231 Å². The van der Waals surface area contributed by atoms with E-state index in [1.54, 1.807) is 6.08 Å². The van der Waals surface area contributed by atoms with E-state index < -0.39 is 26.6 Å². The molecule has 0 aromatic heterocycles. The number of phosphoric acid groups is 1. The Labute approximate surface area is 395 Å². The lowest BCUT2D eigenvalue weighted by Gasteiger charge is -2.29. The van der Waals surface area contributed by atoms with Crippen molar-refractivity contribution in [1.82, 2.24) is 5.32 Å². The lowest BCUT2D eigenvalue weighted by atomic mass is 10.0. The maximum absolute atomic E-state index is 12.9. The first-order chi connectivity index (χ1) is 31.0. The molecule has 2 N–H and O–H groups in total. The van der Waals surface area contributed by atoms with Gasteiger partial charge in [0.2, 0.25) is 5.91 Å². The van der Waals surface area contributed by atoms with Gasteiger partial charge in [0, 0.05) is 6.42 Å². The van der Waals surface area contributed by atoms with E-state index in [1.807, 2.05) is 27.2 Å². The lowest BCUT2D eigenvalue weighted by molar-refractivity contribution is -0.870. The molecule has 0 spiro atoms. The number of carbonyl (C=O) groups is 1. The number of quaternary nitrogens is 1. The Bertz CT molecular complexity index is 1270. The average Bonchev–Trinajstić information content (AvgIpc) is 3.25. The van der Waals surface area contributed by atoms with Gasteiger partial charge in [-0.3, -0.25) is 9.36 Å². The first-order valence-corrected chi connectivity index (χ1v) is 27.8. The van der Waals surface area contributed by atoms with Crippen LogP contribution in [-0.4, -0.2) is 68.5 Å². The van der Waals surface area contributed by atoms with Gasteiger partial charge < -0.3 is 28.8 Å². The molecule has 0 rings (SSSR count). The number of amides is 1. The van der Waals surface area contributed by atoms with Crippen LogP contribution in [0.15, 0.2) is 72.9 Å². The number of aliphatic hydroxyl groups is 1. The van der Waals surface area contributed by atoms with E-state index in [9.17, 15) is 19.4 Å². The van der Waals surface area contributed by atoms with Gasteiger partial charge in [-0.25, -0.2) is 0 Å². The van der Waals surface area contributed by atoms with Crippen LogP contribution >= 0.6 is 7.82 Å². The minimum atomic E-state index is -4.61. The predicted octanol–water partition coefficient (Wildman–Crippen LogP) is 14.9. The zero-order chi connectivity index (χ0) is 47.1. The highest BCUT2D eigenvalue weighted by Crippen LogP contribution is 2.38. The highest BCUT2D eigenvalue weighted by Gasteiger charge is 2.23. The summed E-state index contributed by atoms with van der Waals surface area (Å²) in [5.41, 5.74) is 0. The average molecular weight is 917 g/mol. The van der Waals surface area contributed by atoms with Gasteiger partial charge >= 0.3 is 0 Å². The fourth-order valence-corrected chi connectivity index (χ4v) is 7.98. The highest BCUT2D eigenvalue weighted by atomic mass is 31.2. The Balaban J connectivity index is 4.33. The third-order valence-electron chi connectivity index (χ3n) is 11.4. The van der Waals surface area contributed by atoms with Gasteiger partial charge in [0.15, 0.2) is 0 Å². The molecule has 0 aliphatic heterocycles.